The average Bonchev–Trinajstić information content (AvgIpc) is 3.01. The van der Waals surface area contributed by atoms with Crippen molar-refractivity contribution in [3.05, 3.63) is 18.0 Å². The van der Waals surface area contributed by atoms with Crippen molar-refractivity contribution in [2.24, 2.45) is 0 Å². The zero-order valence-corrected chi connectivity index (χ0v) is 13.0. The van der Waals surface area contributed by atoms with Crippen LogP contribution in [0.3, 0.4) is 0 Å². The van der Waals surface area contributed by atoms with Crippen molar-refractivity contribution in [2.45, 2.75) is 38.1 Å². The predicted molar refractivity (Wildman–Crippen MR) is 79.5 cm³/mol. The van der Waals surface area contributed by atoms with Crippen molar-refractivity contribution in [1.29, 1.82) is 5.26 Å². The number of hydrogen-bond donors (Lipinski definition) is 1. The largest absolute Gasteiger partial charge is 0.326 e. The van der Waals surface area contributed by atoms with Crippen LogP contribution in [-0.2, 0) is 4.79 Å². The Morgan fingerprint density at radius 2 is 2.24 bits per heavy atom. The van der Waals surface area contributed by atoms with Gasteiger partial charge in [0.1, 0.15) is 5.54 Å². The van der Waals surface area contributed by atoms with Gasteiger partial charge in [0.05, 0.1) is 18.8 Å². The first-order chi connectivity index (χ1) is 9.94. The van der Waals surface area contributed by atoms with E-state index in [0.717, 1.165) is 25.9 Å². The van der Waals surface area contributed by atoms with E-state index in [1.165, 1.54) is 10.5 Å². The molecule has 2 heterocycles. The van der Waals surface area contributed by atoms with Crippen molar-refractivity contribution < 1.29 is 4.79 Å². The van der Waals surface area contributed by atoms with E-state index in [4.69, 9.17) is 5.26 Å². The summed E-state index contributed by atoms with van der Waals surface area (Å²) in [4.78, 5) is 16.0. The molecule has 21 heavy (non-hydrogen) atoms. The number of amides is 1. The van der Waals surface area contributed by atoms with Crippen LogP contribution in [-0.4, -0.2) is 58.1 Å². The molecule has 2 rings (SSSR count). The van der Waals surface area contributed by atoms with Gasteiger partial charge in [0.25, 0.3) is 0 Å². The van der Waals surface area contributed by atoms with Crippen LogP contribution in [0.2, 0.25) is 0 Å². The third-order valence-corrected chi connectivity index (χ3v) is 4.42. The van der Waals surface area contributed by atoms with E-state index in [0.29, 0.717) is 12.5 Å². The van der Waals surface area contributed by atoms with Gasteiger partial charge >= 0.3 is 0 Å². The fourth-order valence-electron chi connectivity index (χ4n) is 2.59. The Hall–Kier alpha value is -1.87. The number of piperidine rings is 1. The Morgan fingerprint density at radius 3 is 2.76 bits per heavy atom. The van der Waals surface area contributed by atoms with Crippen LogP contribution in [0.1, 0.15) is 38.2 Å². The minimum atomic E-state index is -0.758. The molecule has 0 spiro atoms. The maximum absolute atomic E-state index is 12.2. The second-order valence-corrected chi connectivity index (χ2v) is 6.21. The molecule has 6 nitrogen and oxygen atoms in total. The van der Waals surface area contributed by atoms with Crippen molar-refractivity contribution in [1.82, 2.24) is 20.0 Å². The van der Waals surface area contributed by atoms with E-state index in [9.17, 15) is 4.79 Å². The Morgan fingerprint density at radius 1 is 1.57 bits per heavy atom. The second kappa shape index (κ2) is 6.27. The van der Waals surface area contributed by atoms with E-state index in [2.05, 4.69) is 21.2 Å². The van der Waals surface area contributed by atoms with Crippen molar-refractivity contribution >= 4 is 5.91 Å². The highest BCUT2D eigenvalue weighted by Crippen LogP contribution is 2.27. The second-order valence-electron chi connectivity index (χ2n) is 6.21. The maximum atomic E-state index is 12.2. The molecule has 1 amide bonds. The molecule has 6 heteroatoms. The van der Waals surface area contributed by atoms with E-state index in [1.54, 1.807) is 20.9 Å². The van der Waals surface area contributed by atoms with Gasteiger partial charge in [-0.2, -0.15) is 10.4 Å². The summed E-state index contributed by atoms with van der Waals surface area (Å²) < 4.78 is 0. The van der Waals surface area contributed by atoms with Crippen LogP contribution < -0.4 is 0 Å². The molecule has 1 aromatic rings. The SMILES string of the molecule is CN(C(=O)CN1CCC(c2cn[nH]c2)CC1)C(C)(C)C#N. The minimum absolute atomic E-state index is 0.00307. The monoisotopic (exact) mass is 289 g/mol. The number of nitriles is 1. The Bertz CT molecular complexity index is 509. The van der Waals surface area contributed by atoms with Gasteiger partial charge in [0.2, 0.25) is 5.91 Å². The van der Waals surface area contributed by atoms with E-state index >= 15 is 0 Å². The van der Waals surface area contributed by atoms with Gasteiger partial charge in [0, 0.05) is 13.2 Å². The van der Waals surface area contributed by atoms with E-state index < -0.39 is 5.54 Å². The molecule has 1 saturated heterocycles. The van der Waals surface area contributed by atoms with Crippen molar-refractivity contribution in [3.63, 3.8) is 0 Å². The number of rotatable bonds is 4. The molecule has 0 radical (unpaired) electrons. The highest BCUT2D eigenvalue weighted by Gasteiger charge is 2.29. The first-order valence-corrected chi connectivity index (χ1v) is 7.33. The number of hydrogen-bond acceptors (Lipinski definition) is 4. The molecule has 1 fully saturated rings. The summed E-state index contributed by atoms with van der Waals surface area (Å²) in [6.07, 6.45) is 5.92. The number of nitrogens with one attached hydrogen (secondary N) is 1. The Labute approximate surface area is 125 Å². The number of aromatic amines is 1. The lowest BCUT2D eigenvalue weighted by Gasteiger charge is -2.34. The molecule has 0 unspecified atom stereocenters. The summed E-state index contributed by atoms with van der Waals surface area (Å²) in [6, 6.07) is 2.16. The third-order valence-electron chi connectivity index (χ3n) is 4.42. The first-order valence-electron chi connectivity index (χ1n) is 7.33. The molecule has 1 aliphatic rings. The first kappa shape index (κ1) is 15.5. The summed E-state index contributed by atoms with van der Waals surface area (Å²) in [6.45, 7) is 5.72. The van der Waals surface area contributed by atoms with Gasteiger partial charge < -0.3 is 4.90 Å². The molecule has 1 aliphatic heterocycles. The number of carbonyl (C=O) groups is 1. The zero-order valence-electron chi connectivity index (χ0n) is 13.0. The third kappa shape index (κ3) is 3.61. The average molecular weight is 289 g/mol. The van der Waals surface area contributed by atoms with Gasteiger partial charge in [-0.25, -0.2) is 0 Å². The van der Waals surface area contributed by atoms with Crippen LogP contribution in [0.5, 0.6) is 0 Å². The zero-order chi connectivity index (χ0) is 15.5. The fraction of sp³-hybridized carbons (Fsp3) is 0.667. The van der Waals surface area contributed by atoms with Crippen LogP contribution in [0.25, 0.3) is 0 Å². The molecule has 1 N–H and O–H groups in total. The number of aromatic nitrogens is 2. The number of H-pyrrole nitrogens is 1. The Balaban J connectivity index is 1.84. The number of likely N-dealkylation sites (tertiary alicyclic amines) is 1. The molecule has 0 aliphatic carbocycles. The summed E-state index contributed by atoms with van der Waals surface area (Å²) in [7, 11) is 1.70. The maximum Gasteiger partial charge on any atom is 0.237 e. The number of nitrogens with zero attached hydrogens (tertiary/aromatic N) is 4. The normalized spacial score (nSPS) is 17.4. The van der Waals surface area contributed by atoms with Crippen molar-refractivity contribution in [3.8, 4) is 6.07 Å². The molecule has 0 bridgehead atoms. The molecule has 0 atom stereocenters. The standard InChI is InChI=1S/C15H23N5O/c1-15(2,11-16)19(3)14(21)10-20-6-4-12(5-7-20)13-8-17-18-9-13/h8-9,12H,4-7,10H2,1-3H3,(H,17,18). The molecule has 114 valence electrons. The van der Waals surface area contributed by atoms with Crippen molar-refractivity contribution in [2.75, 3.05) is 26.7 Å². The lowest BCUT2D eigenvalue weighted by molar-refractivity contribution is -0.134. The summed E-state index contributed by atoms with van der Waals surface area (Å²) in [5.41, 5.74) is 0.496. The van der Waals surface area contributed by atoms with Gasteiger partial charge in [-0.1, -0.05) is 0 Å². The van der Waals surface area contributed by atoms with E-state index in [1.807, 2.05) is 12.4 Å². The van der Waals surface area contributed by atoms with E-state index in [-0.39, 0.29) is 5.91 Å². The minimum Gasteiger partial charge on any atom is -0.326 e. The van der Waals surface area contributed by atoms with Gasteiger partial charge in [-0.05, 0) is 51.3 Å². The Kier molecular flexibility index (Phi) is 4.63. The lowest BCUT2D eigenvalue weighted by Crippen LogP contribution is -2.49. The summed E-state index contributed by atoms with van der Waals surface area (Å²) in [5.74, 6) is 0.534. The molecular formula is C15H23N5O. The predicted octanol–water partition coefficient (Wildman–Crippen LogP) is 1.35. The highest BCUT2D eigenvalue weighted by atomic mass is 16.2. The van der Waals surface area contributed by atoms with Gasteiger partial charge in [0.15, 0.2) is 0 Å². The highest BCUT2D eigenvalue weighted by molar-refractivity contribution is 5.79. The number of carbonyl (C=O) groups excluding carboxylic acids is 1. The van der Waals surface area contributed by atoms with Crippen LogP contribution in [0, 0.1) is 11.3 Å². The molecule has 0 aromatic carbocycles. The smallest absolute Gasteiger partial charge is 0.237 e. The molecule has 1 aromatic heterocycles. The van der Waals surface area contributed by atoms with Crippen LogP contribution in [0.4, 0.5) is 0 Å². The van der Waals surface area contributed by atoms with Crippen LogP contribution >= 0.6 is 0 Å². The summed E-state index contributed by atoms with van der Waals surface area (Å²) in [5, 5.41) is 15.9. The summed E-state index contributed by atoms with van der Waals surface area (Å²) >= 11 is 0. The van der Waals surface area contributed by atoms with Crippen LogP contribution in [0.15, 0.2) is 12.4 Å². The number of likely N-dealkylation sites (N-methyl/N-ethyl adjacent to an activating group) is 1. The fourth-order valence-corrected chi connectivity index (χ4v) is 2.59. The molecular weight excluding hydrogens is 266 g/mol. The quantitative estimate of drug-likeness (QED) is 0.907. The van der Waals surface area contributed by atoms with Gasteiger partial charge in [-0.3, -0.25) is 14.8 Å². The topological polar surface area (TPSA) is 76.0 Å². The van der Waals surface area contributed by atoms with Gasteiger partial charge in [-0.15, -0.1) is 0 Å². The lowest BCUT2D eigenvalue weighted by atomic mass is 9.91. The molecule has 0 saturated carbocycles.